The van der Waals surface area contributed by atoms with Crippen LogP contribution in [-0.2, 0) is 24.1 Å². The molecule has 0 aliphatic heterocycles. The second-order valence-electron chi connectivity index (χ2n) is 7.03. The molecule has 0 fully saturated rings. The third-order valence-corrected chi connectivity index (χ3v) is 5.21. The van der Waals surface area contributed by atoms with Gasteiger partial charge in [-0.15, -0.1) is 0 Å². The first kappa shape index (κ1) is 19.2. The molecule has 0 amide bonds. The average Bonchev–Trinajstić information content (AvgIpc) is 2.60. The minimum Gasteiger partial charge on any atom is -0.303 e. The van der Waals surface area contributed by atoms with Crippen LogP contribution in [0.1, 0.15) is 47.6 Å². The molecule has 0 spiro atoms. The van der Waals surface area contributed by atoms with Crippen LogP contribution in [0.3, 0.4) is 0 Å². The van der Waals surface area contributed by atoms with Crippen LogP contribution in [0.15, 0.2) is 54.6 Å². The molecular weight excluding hydrogens is 304 g/mol. The minimum absolute atomic E-state index is 0.307. The van der Waals surface area contributed by atoms with Gasteiger partial charge in [0.25, 0.3) is 0 Å². The van der Waals surface area contributed by atoms with Gasteiger partial charge in [0.2, 0.25) is 0 Å². The monoisotopic (exact) mass is 334 g/mol. The van der Waals surface area contributed by atoms with Crippen LogP contribution in [0.4, 0.5) is 0 Å². The summed E-state index contributed by atoms with van der Waals surface area (Å²) in [5.74, 6) is 0.307. The van der Waals surface area contributed by atoms with E-state index in [0.29, 0.717) is 12.3 Å². The summed E-state index contributed by atoms with van der Waals surface area (Å²) >= 11 is 0. The first-order chi connectivity index (χ1) is 12.0. The summed E-state index contributed by atoms with van der Waals surface area (Å²) in [5, 5.41) is 0. The van der Waals surface area contributed by atoms with E-state index in [-0.39, 0.29) is 0 Å². The molecule has 2 rings (SSSR count). The first-order valence-corrected chi connectivity index (χ1v) is 9.29. The van der Waals surface area contributed by atoms with E-state index >= 15 is 0 Å². The molecular formula is C24H30O. The molecule has 0 saturated carbocycles. The molecule has 0 bridgehead atoms. The van der Waals surface area contributed by atoms with Crippen LogP contribution >= 0.6 is 0 Å². The zero-order chi connectivity index (χ0) is 18.2. The Labute approximate surface area is 152 Å². The molecule has 0 aromatic heterocycles. The van der Waals surface area contributed by atoms with Gasteiger partial charge in [-0.1, -0.05) is 61.5 Å². The van der Waals surface area contributed by atoms with Crippen LogP contribution in [0.2, 0.25) is 0 Å². The predicted octanol–water partition coefficient (Wildman–Crippen LogP) is 5.80. The molecule has 1 nitrogen and oxygen atoms in total. The van der Waals surface area contributed by atoms with E-state index < -0.39 is 0 Å². The SMILES string of the molecule is C=C(Cc1ccc(CCc2c(C)cccc2C)cc1)[C@H](CC)CC=O. The van der Waals surface area contributed by atoms with Gasteiger partial charge >= 0.3 is 0 Å². The topological polar surface area (TPSA) is 17.1 Å². The molecule has 2 aromatic rings. The second-order valence-corrected chi connectivity index (χ2v) is 7.03. The van der Waals surface area contributed by atoms with Crippen LogP contribution < -0.4 is 0 Å². The molecule has 0 heterocycles. The van der Waals surface area contributed by atoms with Gasteiger partial charge in [0, 0.05) is 6.42 Å². The van der Waals surface area contributed by atoms with Crippen molar-refractivity contribution < 1.29 is 4.79 Å². The molecule has 0 unspecified atom stereocenters. The largest absolute Gasteiger partial charge is 0.303 e. The Balaban J connectivity index is 1.96. The predicted molar refractivity (Wildman–Crippen MR) is 107 cm³/mol. The van der Waals surface area contributed by atoms with Crippen molar-refractivity contribution in [2.75, 3.05) is 0 Å². The number of carbonyl (C=O) groups is 1. The highest BCUT2D eigenvalue weighted by Gasteiger charge is 2.10. The number of allylic oxidation sites excluding steroid dienone is 1. The fraction of sp³-hybridized carbons (Fsp3) is 0.375. The zero-order valence-corrected chi connectivity index (χ0v) is 15.8. The second kappa shape index (κ2) is 9.36. The Morgan fingerprint density at radius 3 is 2.16 bits per heavy atom. The van der Waals surface area contributed by atoms with Crippen LogP contribution in [0, 0.1) is 19.8 Å². The highest BCUT2D eigenvalue weighted by molar-refractivity contribution is 5.50. The Bertz CT molecular complexity index is 689. The van der Waals surface area contributed by atoms with E-state index in [4.69, 9.17) is 0 Å². The van der Waals surface area contributed by atoms with Gasteiger partial charge < -0.3 is 4.79 Å². The lowest BCUT2D eigenvalue weighted by atomic mass is 9.89. The highest BCUT2D eigenvalue weighted by Crippen LogP contribution is 2.21. The fourth-order valence-corrected chi connectivity index (χ4v) is 3.48. The number of benzene rings is 2. The van der Waals surface area contributed by atoms with E-state index in [1.807, 2.05) is 0 Å². The quantitative estimate of drug-likeness (QED) is 0.418. The molecule has 1 heteroatoms. The molecule has 132 valence electrons. The van der Waals surface area contributed by atoms with Crippen molar-refractivity contribution in [1.29, 1.82) is 0 Å². The summed E-state index contributed by atoms with van der Waals surface area (Å²) in [6.07, 6.45) is 5.59. The first-order valence-electron chi connectivity index (χ1n) is 9.29. The fourth-order valence-electron chi connectivity index (χ4n) is 3.48. The Hall–Kier alpha value is -2.15. The Morgan fingerprint density at radius 1 is 1.00 bits per heavy atom. The van der Waals surface area contributed by atoms with Crippen molar-refractivity contribution in [1.82, 2.24) is 0 Å². The number of hydrogen-bond donors (Lipinski definition) is 0. The van der Waals surface area contributed by atoms with Crippen molar-refractivity contribution in [3.63, 3.8) is 0 Å². The number of hydrogen-bond acceptors (Lipinski definition) is 1. The normalized spacial score (nSPS) is 12.0. The van der Waals surface area contributed by atoms with E-state index in [2.05, 4.69) is 69.8 Å². The molecule has 0 radical (unpaired) electrons. The summed E-state index contributed by atoms with van der Waals surface area (Å²) in [6, 6.07) is 15.4. The summed E-state index contributed by atoms with van der Waals surface area (Å²) < 4.78 is 0. The maximum atomic E-state index is 10.8. The summed E-state index contributed by atoms with van der Waals surface area (Å²) in [4.78, 5) is 10.8. The third kappa shape index (κ3) is 5.42. The van der Waals surface area contributed by atoms with Crippen LogP contribution in [-0.4, -0.2) is 6.29 Å². The lowest BCUT2D eigenvalue weighted by Crippen LogP contribution is -2.05. The van der Waals surface area contributed by atoms with Crippen molar-refractivity contribution >= 4 is 6.29 Å². The van der Waals surface area contributed by atoms with Gasteiger partial charge in [-0.05, 0) is 73.3 Å². The smallest absolute Gasteiger partial charge is 0.120 e. The van der Waals surface area contributed by atoms with Crippen molar-refractivity contribution in [2.24, 2.45) is 5.92 Å². The molecule has 25 heavy (non-hydrogen) atoms. The summed E-state index contributed by atoms with van der Waals surface area (Å²) in [5.41, 5.74) is 8.06. The number of carbonyl (C=O) groups excluding carboxylic acids is 1. The van der Waals surface area contributed by atoms with Gasteiger partial charge in [-0.3, -0.25) is 0 Å². The number of aryl methyl sites for hydroxylation is 3. The maximum absolute atomic E-state index is 10.8. The number of aldehydes is 1. The Morgan fingerprint density at radius 2 is 1.60 bits per heavy atom. The van der Waals surface area contributed by atoms with Gasteiger partial charge in [-0.25, -0.2) is 0 Å². The zero-order valence-electron chi connectivity index (χ0n) is 15.8. The molecule has 0 saturated heterocycles. The Kier molecular flexibility index (Phi) is 7.18. The van der Waals surface area contributed by atoms with Gasteiger partial charge in [-0.2, -0.15) is 0 Å². The molecule has 2 aromatic carbocycles. The lowest BCUT2D eigenvalue weighted by Gasteiger charge is -2.15. The van der Waals surface area contributed by atoms with Gasteiger partial charge in [0.1, 0.15) is 6.29 Å². The molecule has 0 aliphatic rings. The van der Waals surface area contributed by atoms with E-state index in [1.165, 1.54) is 27.8 Å². The standard InChI is InChI=1S/C24H30O/c1-5-23(15-16-25)20(4)17-22-11-9-21(10-12-22)13-14-24-18(2)7-6-8-19(24)3/h6-12,16,23H,4-5,13-15,17H2,1-3H3/t23-/m1/s1. The highest BCUT2D eigenvalue weighted by atomic mass is 16.1. The van der Waals surface area contributed by atoms with E-state index in [1.54, 1.807) is 0 Å². The average molecular weight is 335 g/mol. The van der Waals surface area contributed by atoms with Gasteiger partial charge in [0.05, 0.1) is 0 Å². The van der Waals surface area contributed by atoms with E-state index in [0.717, 1.165) is 37.5 Å². The summed E-state index contributed by atoms with van der Waals surface area (Å²) in [7, 11) is 0. The van der Waals surface area contributed by atoms with Crippen molar-refractivity contribution in [2.45, 2.75) is 52.9 Å². The van der Waals surface area contributed by atoms with Crippen molar-refractivity contribution in [3.05, 3.63) is 82.4 Å². The van der Waals surface area contributed by atoms with Crippen LogP contribution in [0.5, 0.6) is 0 Å². The minimum atomic E-state index is 0.307. The summed E-state index contributed by atoms with van der Waals surface area (Å²) in [6.45, 7) is 10.7. The third-order valence-electron chi connectivity index (χ3n) is 5.21. The lowest BCUT2D eigenvalue weighted by molar-refractivity contribution is -0.108. The molecule has 1 atom stereocenters. The molecule has 0 aliphatic carbocycles. The van der Waals surface area contributed by atoms with Gasteiger partial charge in [0.15, 0.2) is 0 Å². The number of rotatable bonds is 9. The van der Waals surface area contributed by atoms with E-state index in [9.17, 15) is 4.79 Å². The van der Waals surface area contributed by atoms with Crippen molar-refractivity contribution in [3.8, 4) is 0 Å². The maximum Gasteiger partial charge on any atom is 0.120 e. The molecule has 0 N–H and O–H groups in total. The van der Waals surface area contributed by atoms with Crippen LogP contribution in [0.25, 0.3) is 0 Å².